The van der Waals surface area contributed by atoms with E-state index in [-0.39, 0.29) is 5.97 Å². The molecular formula is C8H7IO3-. The number of carbonyl (C=O) groups is 1. The summed E-state index contributed by atoms with van der Waals surface area (Å²) in [5.74, 6) is -0.238. The van der Waals surface area contributed by atoms with Crippen LogP contribution in [0.3, 0.4) is 0 Å². The molecule has 1 aliphatic heterocycles. The van der Waals surface area contributed by atoms with Gasteiger partial charge >= 0.3 is 78.1 Å². The van der Waals surface area contributed by atoms with Gasteiger partial charge in [-0.15, -0.1) is 0 Å². The molecule has 4 heteroatoms. The molecule has 0 aliphatic carbocycles. The fourth-order valence-electron chi connectivity index (χ4n) is 1.02. The fraction of sp³-hybridized carbons (Fsp3) is 0.125. The van der Waals surface area contributed by atoms with Gasteiger partial charge in [-0.3, -0.25) is 0 Å². The first-order chi connectivity index (χ1) is 5.83. The SMILES string of the molecule is CO[I-]1OC(=O)c2ccccc21. The minimum atomic E-state index is -2.04. The molecule has 0 amide bonds. The van der Waals surface area contributed by atoms with Crippen molar-refractivity contribution in [2.75, 3.05) is 7.11 Å². The van der Waals surface area contributed by atoms with Crippen LogP contribution >= 0.6 is 0 Å². The van der Waals surface area contributed by atoms with E-state index in [1.165, 1.54) is 0 Å². The van der Waals surface area contributed by atoms with Gasteiger partial charge < -0.3 is 0 Å². The summed E-state index contributed by atoms with van der Waals surface area (Å²) in [6.45, 7) is 0. The van der Waals surface area contributed by atoms with E-state index >= 15 is 0 Å². The van der Waals surface area contributed by atoms with E-state index in [4.69, 9.17) is 6.13 Å². The molecule has 2 rings (SSSR count). The van der Waals surface area contributed by atoms with E-state index in [1.54, 1.807) is 13.2 Å². The van der Waals surface area contributed by atoms with Crippen molar-refractivity contribution in [2.24, 2.45) is 0 Å². The second-order valence-corrected chi connectivity index (χ2v) is 5.94. The Hall–Kier alpha value is -0.620. The maximum absolute atomic E-state index is 11.2. The molecule has 0 atom stereocenters. The zero-order valence-electron chi connectivity index (χ0n) is 6.41. The third-order valence-corrected chi connectivity index (χ3v) is 5.03. The van der Waals surface area contributed by atoms with Gasteiger partial charge in [0.25, 0.3) is 0 Å². The van der Waals surface area contributed by atoms with Crippen LogP contribution in [0.4, 0.5) is 0 Å². The van der Waals surface area contributed by atoms with E-state index in [0.29, 0.717) is 5.56 Å². The van der Waals surface area contributed by atoms with Crippen molar-refractivity contribution in [3.63, 3.8) is 0 Å². The monoisotopic (exact) mass is 278 g/mol. The van der Waals surface area contributed by atoms with E-state index in [2.05, 4.69) is 0 Å². The first kappa shape index (κ1) is 8.00. The first-order valence-electron chi connectivity index (χ1n) is 3.39. The quantitative estimate of drug-likeness (QED) is 0.565. The summed E-state index contributed by atoms with van der Waals surface area (Å²) in [5.41, 5.74) is 0.671. The van der Waals surface area contributed by atoms with Crippen molar-refractivity contribution < 1.29 is 31.6 Å². The van der Waals surface area contributed by atoms with Crippen LogP contribution in [0.5, 0.6) is 0 Å². The van der Waals surface area contributed by atoms with E-state index in [0.717, 1.165) is 3.57 Å². The number of benzene rings is 1. The Bertz CT molecular complexity index is 324. The minimum absolute atomic E-state index is 0.238. The molecule has 1 radical (unpaired) electrons. The molecule has 1 heterocycles. The van der Waals surface area contributed by atoms with Gasteiger partial charge in [0.15, 0.2) is 0 Å². The topological polar surface area (TPSA) is 35.5 Å². The van der Waals surface area contributed by atoms with Gasteiger partial charge in [0.05, 0.1) is 0 Å². The number of fused-ring (bicyclic) bond motifs is 1. The van der Waals surface area contributed by atoms with E-state index < -0.39 is 20.6 Å². The third kappa shape index (κ3) is 1.11. The molecule has 0 unspecified atom stereocenters. The van der Waals surface area contributed by atoms with Crippen molar-refractivity contribution in [1.82, 2.24) is 0 Å². The molecule has 0 bridgehead atoms. The number of hydrogen-bond acceptors (Lipinski definition) is 3. The number of hydrogen-bond donors (Lipinski definition) is 0. The molecule has 0 saturated carbocycles. The number of carbonyl (C=O) groups excluding carboxylic acids is 1. The Labute approximate surface area is 78.2 Å². The van der Waals surface area contributed by atoms with Crippen molar-refractivity contribution in [3.8, 4) is 0 Å². The molecular weight excluding hydrogens is 271 g/mol. The predicted octanol–water partition coefficient (Wildman–Crippen LogP) is -1.87. The van der Waals surface area contributed by atoms with E-state index in [9.17, 15) is 4.79 Å². The molecule has 12 heavy (non-hydrogen) atoms. The zero-order chi connectivity index (χ0) is 8.55. The second-order valence-electron chi connectivity index (χ2n) is 2.22. The van der Waals surface area contributed by atoms with Gasteiger partial charge in [0.1, 0.15) is 0 Å². The van der Waals surface area contributed by atoms with Crippen LogP contribution in [0.1, 0.15) is 10.4 Å². The fourth-order valence-corrected chi connectivity index (χ4v) is 3.89. The van der Waals surface area contributed by atoms with Crippen LogP contribution < -0.4 is 20.6 Å². The summed E-state index contributed by atoms with van der Waals surface area (Å²) in [4.78, 5) is 11.2. The Morgan fingerprint density at radius 2 is 2.17 bits per heavy atom. The normalized spacial score (nSPS) is 17.4. The number of halogens is 1. The molecule has 0 saturated heterocycles. The van der Waals surface area contributed by atoms with Crippen molar-refractivity contribution in [2.45, 2.75) is 0 Å². The predicted molar refractivity (Wildman–Crippen MR) is 37.6 cm³/mol. The van der Waals surface area contributed by atoms with Gasteiger partial charge in [-0.25, -0.2) is 0 Å². The van der Waals surface area contributed by atoms with Gasteiger partial charge in [-0.05, 0) is 0 Å². The van der Waals surface area contributed by atoms with Crippen molar-refractivity contribution in [3.05, 3.63) is 33.4 Å². The summed E-state index contributed by atoms with van der Waals surface area (Å²) < 4.78 is 11.2. The Kier molecular flexibility index (Phi) is 2.02. The van der Waals surface area contributed by atoms with Crippen LogP contribution in [0.2, 0.25) is 0 Å². The van der Waals surface area contributed by atoms with Gasteiger partial charge in [0, 0.05) is 0 Å². The Balaban J connectivity index is 2.50. The van der Waals surface area contributed by atoms with Crippen molar-refractivity contribution in [1.29, 1.82) is 0 Å². The summed E-state index contributed by atoms with van der Waals surface area (Å²) in [6, 6.07) is 7.39. The summed E-state index contributed by atoms with van der Waals surface area (Å²) >= 11 is -2.04. The summed E-state index contributed by atoms with van der Waals surface area (Å²) in [7, 11) is 1.58. The molecule has 1 aromatic carbocycles. The van der Waals surface area contributed by atoms with Gasteiger partial charge in [-0.2, -0.15) is 0 Å². The molecule has 1 aromatic rings. The van der Waals surface area contributed by atoms with Crippen LogP contribution in [0.15, 0.2) is 24.3 Å². The molecule has 0 N–H and O–H groups in total. The molecule has 0 spiro atoms. The third-order valence-electron chi connectivity index (χ3n) is 1.54. The first-order valence-corrected chi connectivity index (χ1v) is 6.23. The van der Waals surface area contributed by atoms with Crippen molar-refractivity contribution >= 4 is 5.97 Å². The molecule has 0 fully saturated rings. The van der Waals surface area contributed by atoms with Crippen LogP contribution in [0, 0.1) is 3.57 Å². The average molecular weight is 278 g/mol. The Morgan fingerprint density at radius 3 is 2.92 bits per heavy atom. The second kappa shape index (κ2) is 3.02. The van der Waals surface area contributed by atoms with Crippen LogP contribution in [-0.2, 0) is 6.13 Å². The van der Waals surface area contributed by atoms with Crippen LogP contribution in [0.25, 0.3) is 0 Å². The maximum atomic E-state index is 11.2. The summed E-state index contributed by atoms with van der Waals surface area (Å²) in [5, 5.41) is 0. The standard InChI is InChI=1S/C8H7IO3/c1-11-9-7-5-3-2-4-6(7)8(10)12-9/h2-5H,1H3/q-1. The average Bonchev–Trinajstić information content (AvgIpc) is 2.44. The van der Waals surface area contributed by atoms with E-state index in [1.807, 2.05) is 18.2 Å². The number of rotatable bonds is 1. The van der Waals surface area contributed by atoms with Gasteiger partial charge in [-0.1, -0.05) is 0 Å². The molecule has 0 aromatic heterocycles. The zero-order valence-corrected chi connectivity index (χ0v) is 8.57. The van der Waals surface area contributed by atoms with Crippen LogP contribution in [-0.4, -0.2) is 13.1 Å². The summed E-state index contributed by atoms with van der Waals surface area (Å²) in [6.07, 6.45) is 0. The molecule has 1 aliphatic rings. The molecule has 3 nitrogen and oxygen atoms in total. The Morgan fingerprint density at radius 1 is 1.42 bits per heavy atom. The van der Waals surface area contributed by atoms with Gasteiger partial charge in [0.2, 0.25) is 0 Å². The molecule has 65 valence electrons.